The van der Waals surface area contributed by atoms with Gasteiger partial charge in [-0.3, -0.25) is 0 Å². The van der Waals surface area contributed by atoms with Gasteiger partial charge in [-0.1, -0.05) is 38.1 Å². The second-order valence-corrected chi connectivity index (χ2v) is 7.50. The molecule has 0 spiro atoms. The first kappa shape index (κ1) is 16.6. The fourth-order valence-corrected chi connectivity index (χ4v) is 3.95. The molecule has 0 fully saturated rings. The molecule has 1 N–H and O–H groups in total. The molecule has 1 nitrogen and oxygen atoms in total. The molecule has 0 aliphatic carbocycles. The molecule has 2 aromatic rings. The van der Waals surface area contributed by atoms with Gasteiger partial charge in [-0.2, -0.15) is 0 Å². The van der Waals surface area contributed by atoms with E-state index in [4.69, 9.17) is 0 Å². The minimum atomic E-state index is 0.251. The summed E-state index contributed by atoms with van der Waals surface area (Å²) in [5.41, 5.74) is 5.00. The minimum absolute atomic E-state index is 0.251. The second-order valence-electron chi connectivity index (χ2n) is 5.79. The first-order valence-electron chi connectivity index (χ1n) is 7.20. The molecule has 112 valence electrons. The molecule has 0 radical (unpaired) electrons. The molecule has 0 aliphatic rings. The predicted molar refractivity (Wildman–Crippen MR) is 99.1 cm³/mol. The van der Waals surface area contributed by atoms with Gasteiger partial charge in [-0.25, -0.2) is 0 Å². The maximum Gasteiger partial charge on any atom is 0.0633 e. The summed E-state index contributed by atoms with van der Waals surface area (Å²) in [6, 6.07) is 13.4. The fourth-order valence-electron chi connectivity index (χ4n) is 2.31. The van der Waals surface area contributed by atoms with Crippen molar-refractivity contribution in [2.75, 3.05) is 5.32 Å². The van der Waals surface area contributed by atoms with Crippen LogP contribution in [0.25, 0.3) is 0 Å². The van der Waals surface area contributed by atoms with E-state index in [0.29, 0.717) is 5.92 Å². The number of nitrogens with one attached hydrogen (secondary N) is 1. The van der Waals surface area contributed by atoms with Crippen LogP contribution in [0.1, 0.15) is 49.4 Å². The van der Waals surface area contributed by atoms with Crippen LogP contribution < -0.4 is 5.32 Å². The lowest BCUT2D eigenvalue weighted by atomic mass is 9.99. The van der Waals surface area contributed by atoms with E-state index in [2.05, 4.69) is 101 Å². The Balaban J connectivity index is 2.20. The Morgan fingerprint density at radius 2 is 1.33 bits per heavy atom. The van der Waals surface area contributed by atoms with Gasteiger partial charge in [0.25, 0.3) is 0 Å². The Morgan fingerprint density at radius 3 is 1.81 bits per heavy atom. The van der Waals surface area contributed by atoms with E-state index in [0.717, 1.165) is 14.6 Å². The van der Waals surface area contributed by atoms with E-state index in [1.165, 1.54) is 16.7 Å². The molecule has 3 heteroatoms. The van der Waals surface area contributed by atoms with Crippen molar-refractivity contribution in [2.45, 2.75) is 39.7 Å². The standard InChI is InChI=1S/C18H21Br2N/c1-11(2)14-5-7-15(8-6-14)13(4)21-18-16(19)9-12(3)10-17(18)20/h5-11,13,21H,1-4H3. The topological polar surface area (TPSA) is 12.0 Å². The number of rotatable bonds is 4. The van der Waals surface area contributed by atoms with E-state index >= 15 is 0 Å². The molecular formula is C18H21Br2N. The summed E-state index contributed by atoms with van der Waals surface area (Å²) >= 11 is 7.27. The summed E-state index contributed by atoms with van der Waals surface area (Å²) in [6.07, 6.45) is 0. The van der Waals surface area contributed by atoms with E-state index in [1.807, 2.05) is 0 Å². The van der Waals surface area contributed by atoms with Crippen molar-refractivity contribution in [1.82, 2.24) is 0 Å². The first-order chi connectivity index (χ1) is 9.88. The van der Waals surface area contributed by atoms with Crippen LogP contribution in [-0.4, -0.2) is 0 Å². The molecule has 0 heterocycles. The summed E-state index contributed by atoms with van der Waals surface area (Å²) in [7, 11) is 0. The summed E-state index contributed by atoms with van der Waals surface area (Å²) in [6.45, 7) is 8.71. The highest BCUT2D eigenvalue weighted by atomic mass is 79.9. The van der Waals surface area contributed by atoms with Crippen LogP contribution in [0.5, 0.6) is 0 Å². The molecule has 1 atom stereocenters. The third kappa shape index (κ3) is 4.10. The zero-order valence-corrected chi connectivity index (χ0v) is 16.0. The van der Waals surface area contributed by atoms with Crippen molar-refractivity contribution in [3.63, 3.8) is 0 Å². The largest absolute Gasteiger partial charge is 0.377 e. The van der Waals surface area contributed by atoms with Gasteiger partial charge >= 0.3 is 0 Å². The number of hydrogen-bond acceptors (Lipinski definition) is 1. The van der Waals surface area contributed by atoms with Crippen molar-refractivity contribution >= 4 is 37.5 Å². The summed E-state index contributed by atoms with van der Waals surface area (Å²) in [5, 5.41) is 3.58. The predicted octanol–water partition coefficient (Wildman–Crippen LogP) is 6.82. The van der Waals surface area contributed by atoms with Gasteiger partial charge in [0.1, 0.15) is 0 Å². The molecule has 0 aromatic heterocycles. The van der Waals surface area contributed by atoms with E-state index in [9.17, 15) is 0 Å². The zero-order chi connectivity index (χ0) is 15.6. The van der Waals surface area contributed by atoms with Gasteiger partial charge < -0.3 is 5.32 Å². The fraction of sp³-hybridized carbons (Fsp3) is 0.333. The maximum atomic E-state index is 3.64. The monoisotopic (exact) mass is 409 g/mol. The lowest BCUT2D eigenvalue weighted by Gasteiger charge is -2.19. The molecule has 0 aliphatic heterocycles. The molecule has 0 saturated carbocycles. The van der Waals surface area contributed by atoms with Crippen LogP contribution in [-0.2, 0) is 0 Å². The van der Waals surface area contributed by atoms with Crippen LogP contribution in [0.4, 0.5) is 5.69 Å². The van der Waals surface area contributed by atoms with Gasteiger partial charge in [0, 0.05) is 15.0 Å². The number of benzene rings is 2. The Morgan fingerprint density at radius 1 is 0.857 bits per heavy atom. The molecule has 0 bridgehead atoms. The SMILES string of the molecule is Cc1cc(Br)c(NC(C)c2ccc(C(C)C)cc2)c(Br)c1. The van der Waals surface area contributed by atoms with Crippen molar-refractivity contribution in [3.8, 4) is 0 Å². The molecule has 2 rings (SSSR count). The van der Waals surface area contributed by atoms with E-state index < -0.39 is 0 Å². The van der Waals surface area contributed by atoms with Crippen LogP contribution in [0, 0.1) is 6.92 Å². The number of aryl methyl sites for hydroxylation is 1. The van der Waals surface area contributed by atoms with Crippen molar-refractivity contribution < 1.29 is 0 Å². The van der Waals surface area contributed by atoms with Crippen LogP contribution >= 0.6 is 31.9 Å². The van der Waals surface area contributed by atoms with Crippen LogP contribution in [0.3, 0.4) is 0 Å². The van der Waals surface area contributed by atoms with E-state index in [1.54, 1.807) is 0 Å². The number of hydrogen-bond donors (Lipinski definition) is 1. The van der Waals surface area contributed by atoms with E-state index in [-0.39, 0.29) is 6.04 Å². The quantitative estimate of drug-likeness (QED) is 0.583. The Labute approximate surface area is 144 Å². The summed E-state index contributed by atoms with van der Waals surface area (Å²) in [4.78, 5) is 0. The van der Waals surface area contributed by atoms with Crippen molar-refractivity contribution in [3.05, 3.63) is 62.0 Å². The lowest BCUT2D eigenvalue weighted by molar-refractivity contribution is 0.851. The molecule has 0 saturated heterocycles. The van der Waals surface area contributed by atoms with Crippen LogP contribution in [0.15, 0.2) is 45.3 Å². The number of anilines is 1. The smallest absolute Gasteiger partial charge is 0.0633 e. The Kier molecular flexibility index (Phi) is 5.50. The van der Waals surface area contributed by atoms with Gasteiger partial charge in [0.05, 0.1) is 5.69 Å². The minimum Gasteiger partial charge on any atom is -0.377 e. The molecular weight excluding hydrogens is 390 g/mol. The van der Waals surface area contributed by atoms with Crippen molar-refractivity contribution in [1.29, 1.82) is 0 Å². The Bertz CT molecular complexity index is 595. The normalized spacial score (nSPS) is 12.5. The van der Waals surface area contributed by atoms with Crippen molar-refractivity contribution in [2.24, 2.45) is 0 Å². The maximum absolute atomic E-state index is 3.64. The van der Waals surface area contributed by atoms with Gasteiger partial charge in [-0.05, 0) is 80.4 Å². The Hall–Kier alpha value is -0.800. The third-order valence-electron chi connectivity index (χ3n) is 3.65. The third-order valence-corrected chi connectivity index (χ3v) is 4.90. The molecule has 1 unspecified atom stereocenters. The summed E-state index contributed by atoms with van der Waals surface area (Å²) in [5.74, 6) is 0.572. The average molecular weight is 411 g/mol. The summed E-state index contributed by atoms with van der Waals surface area (Å²) < 4.78 is 2.17. The molecule has 2 aromatic carbocycles. The average Bonchev–Trinajstić information content (AvgIpc) is 2.42. The highest BCUT2D eigenvalue weighted by Gasteiger charge is 2.11. The first-order valence-corrected chi connectivity index (χ1v) is 8.79. The number of halogens is 2. The highest BCUT2D eigenvalue weighted by molar-refractivity contribution is 9.11. The second kappa shape index (κ2) is 6.97. The van der Waals surface area contributed by atoms with Gasteiger partial charge in [0.15, 0.2) is 0 Å². The molecule has 21 heavy (non-hydrogen) atoms. The lowest BCUT2D eigenvalue weighted by Crippen LogP contribution is -2.08. The highest BCUT2D eigenvalue weighted by Crippen LogP contribution is 2.35. The van der Waals surface area contributed by atoms with Gasteiger partial charge in [-0.15, -0.1) is 0 Å². The van der Waals surface area contributed by atoms with Crippen LogP contribution in [0.2, 0.25) is 0 Å². The van der Waals surface area contributed by atoms with Gasteiger partial charge in [0.2, 0.25) is 0 Å². The zero-order valence-electron chi connectivity index (χ0n) is 12.9. The molecule has 0 amide bonds.